The summed E-state index contributed by atoms with van der Waals surface area (Å²) in [4.78, 5) is 9.20. The van der Waals surface area contributed by atoms with Crippen LogP contribution >= 0.6 is 7.37 Å². The van der Waals surface area contributed by atoms with E-state index in [0.29, 0.717) is 18.1 Å². The molecule has 5 heteroatoms. The zero-order chi connectivity index (χ0) is 26.2. The first-order valence-corrected chi connectivity index (χ1v) is 13.6. The highest BCUT2D eigenvalue weighted by atomic mass is 31.2. The van der Waals surface area contributed by atoms with E-state index in [2.05, 4.69) is 13.8 Å². The molecule has 0 radical (unpaired) electrons. The molecule has 31 heavy (non-hydrogen) atoms. The fourth-order valence-electron chi connectivity index (χ4n) is 1.52. The van der Waals surface area contributed by atoms with Crippen LogP contribution in [0, 0.1) is 5.92 Å². The Morgan fingerprint density at radius 3 is 1.61 bits per heavy atom. The first kappa shape index (κ1) is 40.3. The molecule has 0 saturated carbocycles. The molecule has 2 N–H and O–H groups in total. The highest BCUT2D eigenvalue weighted by molar-refractivity contribution is 7.58. The van der Waals surface area contributed by atoms with E-state index in [9.17, 15) is 13.8 Å². The van der Waals surface area contributed by atoms with Crippen LogP contribution in [0.25, 0.3) is 0 Å². The Morgan fingerprint density at radius 1 is 0.935 bits per heavy atom. The van der Waals surface area contributed by atoms with E-state index < -0.39 is 13.8 Å². The number of hydrogen-bond acceptors (Lipinski definition) is 2. The minimum absolute atomic E-state index is 0.0371. The fourth-order valence-corrected chi connectivity index (χ4v) is 2.55. The monoisotopic (exact) mass is 464 g/mol. The van der Waals surface area contributed by atoms with Gasteiger partial charge in [-0.3, -0.25) is 4.57 Å². The van der Waals surface area contributed by atoms with Crippen molar-refractivity contribution in [2.75, 3.05) is 12.6 Å². The molecule has 0 rings (SSSR count). The second-order valence-electron chi connectivity index (χ2n) is 6.95. The number of rotatable bonds is 7. The normalized spacial score (nSPS) is 11.8. The van der Waals surface area contributed by atoms with Crippen molar-refractivity contribution in [2.45, 2.75) is 103 Å². The van der Waals surface area contributed by atoms with Crippen LogP contribution in [0.5, 0.6) is 0 Å². The zero-order valence-electron chi connectivity index (χ0n) is 23.1. The molecule has 1 unspecified atom stereocenters. The maximum Gasteiger partial charge on any atom is 0.234 e. The molecule has 0 bridgehead atoms. The van der Waals surface area contributed by atoms with Crippen LogP contribution in [0.2, 0.25) is 0 Å². The van der Waals surface area contributed by atoms with Crippen molar-refractivity contribution in [2.24, 2.45) is 5.92 Å². The lowest BCUT2D eigenvalue weighted by atomic mass is 10.1. The Morgan fingerprint density at radius 2 is 1.35 bits per heavy atom. The van der Waals surface area contributed by atoms with Crippen molar-refractivity contribution in [3.8, 4) is 0 Å². The molecule has 0 aromatic heterocycles. The molecule has 0 saturated heterocycles. The van der Waals surface area contributed by atoms with Crippen LogP contribution in [-0.2, 0) is 4.57 Å². The van der Waals surface area contributed by atoms with Crippen molar-refractivity contribution in [1.29, 1.82) is 0 Å². The van der Waals surface area contributed by atoms with Gasteiger partial charge in [0.05, 0.1) is 0 Å². The average Bonchev–Trinajstić information content (AvgIpc) is 2.75. The summed E-state index contributed by atoms with van der Waals surface area (Å²) in [5.74, 6) is 0.884. The number of aliphatic hydroxyl groups is 1. The quantitative estimate of drug-likeness (QED) is 0.224. The summed E-state index contributed by atoms with van der Waals surface area (Å²) in [5.41, 5.74) is 4.02. The molecule has 3 nitrogen and oxygen atoms in total. The van der Waals surface area contributed by atoms with E-state index in [1.54, 1.807) is 6.08 Å². The Balaban J connectivity index is -0.000000122. The molecule has 0 aromatic rings. The van der Waals surface area contributed by atoms with Gasteiger partial charge in [0.2, 0.25) is 7.37 Å². The van der Waals surface area contributed by atoms with Gasteiger partial charge in [0.15, 0.2) is 6.42 Å². The van der Waals surface area contributed by atoms with Gasteiger partial charge in [-0.25, -0.2) is 4.39 Å². The van der Waals surface area contributed by atoms with Crippen molar-refractivity contribution >= 4 is 7.37 Å². The van der Waals surface area contributed by atoms with E-state index in [4.69, 9.17) is 5.11 Å². The summed E-state index contributed by atoms with van der Waals surface area (Å²) >= 11 is 0. The summed E-state index contributed by atoms with van der Waals surface area (Å²) < 4.78 is 23.4. The Labute approximate surface area is 194 Å². The standard InChI is InChI=1S/C11H20FO2P.C9H16O.3C2H6/c1-5-11(6-10(4)9(2)3)7-15(13,14)8-12;1-7(2)5-6-9(10)8(3)4;3*1-2/h6H,5,7-8H2,1-4H3,(H,13,14);5-7,10H,1-4H3;3*1-2H3/b11-6+;6-5-;;;. The van der Waals surface area contributed by atoms with Gasteiger partial charge < -0.3 is 10.00 Å². The minimum Gasteiger partial charge on any atom is -0.508 e. The third-order valence-corrected chi connectivity index (χ3v) is 4.73. The fraction of sp³-hybridized carbons (Fsp3) is 0.692. The van der Waals surface area contributed by atoms with Crippen molar-refractivity contribution < 1.29 is 19.0 Å². The smallest absolute Gasteiger partial charge is 0.234 e. The molecule has 0 aliphatic heterocycles. The van der Waals surface area contributed by atoms with Gasteiger partial charge in [-0.2, -0.15) is 0 Å². The van der Waals surface area contributed by atoms with Crippen LogP contribution in [0.1, 0.15) is 103 Å². The summed E-state index contributed by atoms with van der Waals surface area (Å²) in [6.07, 6.45) is 5.11. The first-order chi connectivity index (χ1) is 14.4. The number of halogens is 1. The number of aliphatic hydroxyl groups excluding tert-OH is 1. The lowest BCUT2D eigenvalue weighted by molar-refractivity contribution is 0.425. The molecule has 0 heterocycles. The predicted molar refractivity (Wildman–Crippen MR) is 142 cm³/mol. The Kier molecular flexibility index (Phi) is 35.0. The van der Waals surface area contributed by atoms with Crippen LogP contribution in [0.15, 0.2) is 46.3 Å². The van der Waals surface area contributed by atoms with E-state index in [-0.39, 0.29) is 6.16 Å². The van der Waals surface area contributed by atoms with E-state index in [1.807, 2.05) is 95.2 Å². The summed E-state index contributed by atoms with van der Waals surface area (Å²) in [5, 5.41) is 9.17. The van der Waals surface area contributed by atoms with E-state index >= 15 is 0 Å². The van der Waals surface area contributed by atoms with Gasteiger partial charge in [0.1, 0.15) is 5.76 Å². The van der Waals surface area contributed by atoms with E-state index in [1.165, 1.54) is 0 Å². The lowest BCUT2D eigenvalue weighted by Gasteiger charge is -2.10. The Hall–Kier alpha value is -1.12. The van der Waals surface area contributed by atoms with Gasteiger partial charge in [-0.1, -0.05) is 91.2 Å². The highest BCUT2D eigenvalue weighted by Crippen LogP contribution is 2.43. The van der Waals surface area contributed by atoms with Crippen LogP contribution in [0.3, 0.4) is 0 Å². The molecule has 0 fully saturated rings. The van der Waals surface area contributed by atoms with Gasteiger partial charge in [-0.15, -0.1) is 0 Å². The molecule has 0 spiro atoms. The SMILES string of the molecule is CC.CC.CC.CC(C)=C(O)/C=C\C(C)C.CC/C(=C\C(C)=C(C)C)CP(=O)(O)CF. The maximum absolute atomic E-state index is 12.2. The number of hydrogen-bond donors (Lipinski definition) is 2. The number of allylic oxidation sites excluding steroid dienone is 7. The van der Waals surface area contributed by atoms with Crippen LogP contribution in [-0.4, -0.2) is 22.6 Å². The summed E-state index contributed by atoms with van der Waals surface area (Å²) in [6.45, 7) is 27.7. The third-order valence-electron chi connectivity index (χ3n) is 3.45. The summed E-state index contributed by atoms with van der Waals surface area (Å²) in [6, 6.07) is 0. The molecular weight excluding hydrogens is 410 g/mol. The van der Waals surface area contributed by atoms with Crippen molar-refractivity contribution in [3.63, 3.8) is 0 Å². The molecule has 0 amide bonds. The predicted octanol–water partition coefficient (Wildman–Crippen LogP) is 10.0. The molecular formula is C26H54FO3P. The topological polar surface area (TPSA) is 57.5 Å². The average molecular weight is 465 g/mol. The second kappa shape index (κ2) is 26.9. The maximum atomic E-state index is 12.2. The summed E-state index contributed by atoms with van der Waals surface area (Å²) in [7, 11) is -3.59. The first-order valence-electron chi connectivity index (χ1n) is 11.6. The minimum atomic E-state index is -3.59. The van der Waals surface area contributed by atoms with Crippen molar-refractivity contribution in [1.82, 2.24) is 0 Å². The highest BCUT2D eigenvalue weighted by Gasteiger charge is 2.19. The van der Waals surface area contributed by atoms with Gasteiger partial charge in [0, 0.05) is 6.16 Å². The number of alkyl halides is 1. The van der Waals surface area contributed by atoms with Crippen LogP contribution in [0.4, 0.5) is 4.39 Å². The Bertz CT molecular complexity index is 563. The lowest BCUT2D eigenvalue weighted by Crippen LogP contribution is -1.95. The van der Waals surface area contributed by atoms with Gasteiger partial charge >= 0.3 is 0 Å². The molecule has 0 aromatic carbocycles. The molecule has 1 atom stereocenters. The largest absolute Gasteiger partial charge is 0.508 e. The molecule has 188 valence electrons. The third kappa shape index (κ3) is 31.2. The molecule has 0 aliphatic rings. The zero-order valence-corrected chi connectivity index (χ0v) is 24.0. The van der Waals surface area contributed by atoms with E-state index in [0.717, 1.165) is 22.3 Å². The van der Waals surface area contributed by atoms with Gasteiger partial charge in [-0.05, 0) is 58.6 Å². The molecule has 0 aliphatic carbocycles. The van der Waals surface area contributed by atoms with Crippen molar-refractivity contribution in [3.05, 3.63) is 46.3 Å². The van der Waals surface area contributed by atoms with Gasteiger partial charge in [0.25, 0.3) is 0 Å². The second-order valence-corrected chi connectivity index (χ2v) is 9.20. The van der Waals surface area contributed by atoms with Crippen LogP contribution < -0.4 is 0 Å².